The van der Waals surface area contributed by atoms with Crippen molar-refractivity contribution < 1.29 is 9.90 Å². The first-order valence-corrected chi connectivity index (χ1v) is 8.49. The number of aryl methyl sites for hydroxylation is 2. The van der Waals surface area contributed by atoms with Gasteiger partial charge in [0.1, 0.15) is 0 Å². The van der Waals surface area contributed by atoms with E-state index >= 15 is 0 Å². The van der Waals surface area contributed by atoms with Crippen LogP contribution in [-0.4, -0.2) is 26.9 Å². The van der Waals surface area contributed by atoms with Crippen LogP contribution in [0.15, 0.2) is 23.8 Å². The lowest BCUT2D eigenvalue weighted by atomic mass is 9.75. The van der Waals surface area contributed by atoms with E-state index in [1.807, 2.05) is 24.7 Å². The van der Waals surface area contributed by atoms with E-state index in [4.69, 9.17) is 0 Å². The number of hydrogen-bond donors (Lipinski definition) is 2. The third-order valence-corrected chi connectivity index (χ3v) is 5.34. The van der Waals surface area contributed by atoms with E-state index in [2.05, 4.69) is 17.3 Å². The van der Waals surface area contributed by atoms with Crippen LogP contribution in [0.4, 0.5) is 0 Å². The van der Waals surface area contributed by atoms with Gasteiger partial charge in [-0.25, -0.2) is 0 Å². The van der Waals surface area contributed by atoms with Gasteiger partial charge in [0.25, 0.3) is 5.91 Å². The third-order valence-electron chi connectivity index (χ3n) is 4.26. The highest BCUT2D eigenvalue weighted by atomic mass is 32.1. The smallest absolute Gasteiger partial charge is 0.252 e. The van der Waals surface area contributed by atoms with Gasteiger partial charge in [-0.05, 0) is 31.2 Å². The molecule has 0 aromatic carbocycles. The molecule has 1 aliphatic rings. The molecule has 0 spiro atoms. The van der Waals surface area contributed by atoms with Gasteiger partial charge < -0.3 is 10.4 Å². The van der Waals surface area contributed by atoms with E-state index in [1.54, 1.807) is 22.2 Å². The molecule has 0 bridgehead atoms. The second kappa shape index (κ2) is 6.22. The zero-order valence-corrected chi connectivity index (χ0v) is 13.6. The van der Waals surface area contributed by atoms with Crippen molar-refractivity contribution in [2.45, 2.75) is 38.3 Å². The van der Waals surface area contributed by atoms with Gasteiger partial charge in [-0.1, -0.05) is 6.92 Å². The maximum atomic E-state index is 12.5. The summed E-state index contributed by atoms with van der Waals surface area (Å²) in [5.41, 5.74) is 1.72. The van der Waals surface area contributed by atoms with Crippen molar-refractivity contribution in [3.05, 3.63) is 39.8 Å². The SMILES string of the molecule is CCc1cc(C(=O)NC(c2cnn(C)c2)C2CC(O)C2)cs1. The Hall–Kier alpha value is -1.66. The minimum Gasteiger partial charge on any atom is -0.393 e. The van der Waals surface area contributed by atoms with Crippen molar-refractivity contribution in [1.82, 2.24) is 15.1 Å². The number of amides is 1. The number of rotatable bonds is 5. The van der Waals surface area contributed by atoms with Gasteiger partial charge in [-0.2, -0.15) is 5.10 Å². The van der Waals surface area contributed by atoms with Gasteiger partial charge in [-0.3, -0.25) is 9.48 Å². The second-order valence-electron chi connectivity index (χ2n) is 5.94. The van der Waals surface area contributed by atoms with Crippen molar-refractivity contribution in [2.75, 3.05) is 0 Å². The van der Waals surface area contributed by atoms with Crippen molar-refractivity contribution >= 4 is 17.2 Å². The molecule has 1 atom stereocenters. The molecule has 5 nitrogen and oxygen atoms in total. The number of hydrogen-bond acceptors (Lipinski definition) is 4. The summed E-state index contributed by atoms with van der Waals surface area (Å²) in [5.74, 6) is 0.221. The van der Waals surface area contributed by atoms with Crippen LogP contribution in [0.5, 0.6) is 0 Å². The molecule has 3 rings (SSSR count). The van der Waals surface area contributed by atoms with Gasteiger partial charge in [0.05, 0.1) is 23.9 Å². The van der Waals surface area contributed by atoms with Crippen molar-refractivity contribution in [1.29, 1.82) is 0 Å². The number of carbonyl (C=O) groups excluding carboxylic acids is 1. The number of aromatic nitrogens is 2. The molecule has 1 amide bonds. The fraction of sp³-hybridized carbons (Fsp3) is 0.500. The quantitative estimate of drug-likeness (QED) is 0.888. The summed E-state index contributed by atoms with van der Waals surface area (Å²) < 4.78 is 1.74. The van der Waals surface area contributed by atoms with Crippen LogP contribution in [0.3, 0.4) is 0 Å². The Morgan fingerprint density at radius 3 is 2.91 bits per heavy atom. The number of nitrogens with one attached hydrogen (secondary N) is 1. The Balaban J connectivity index is 1.76. The molecule has 0 saturated heterocycles. The maximum absolute atomic E-state index is 12.5. The first-order chi connectivity index (χ1) is 10.6. The van der Waals surface area contributed by atoms with E-state index in [-0.39, 0.29) is 24.0 Å². The lowest BCUT2D eigenvalue weighted by Crippen LogP contribution is -2.41. The predicted octanol–water partition coefficient (Wildman–Crippen LogP) is 2.29. The van der Waals surface area contributed by atoms with Crippen molar-refractivity contribution in [3.63, 3.8) is 0 Å². The number of aliphatic hydroxyl groups excluding tert-OH is 1. The Labute approximate surface area is 134 Å². The standard InChI is InChI=1S/C16H21N3O2S/c1-3-14-6-11(9-22-14)16(21)18-15(10-4-13(20)5-10)12-7-17-19(2)8-12/h6-10,13,15,20H,3-5H2,1-2H3,(H,18,21). The molecule has 0 radical (unpaired) electrons. The fourth-order valence-electron chi connectivity index (χ4n) is 2.89. The minimum atomic E-state index is -0.242. The molecule has 118 valence electrons. The third kappa shape index (κ3) is 3.08. The van der Waals surface area contributed by atoms with E-state index in [9.17, 15) is 9.90 Å². The highest BCUT2D eigenvalue weighted by molar-refractivity contribution is 7.10. The van der Waals surface area contributed by atoms with Gasteiger partial charge in [0.2, 0.25) is 0 Å². The van der Waals surface area contributed by atoms with Crippen LogP contribution in [0.1, 0.15) is 46.6 Å². The van der Waals surface area contributed by atoms with Crippen LogP contribution in [-0.2, 0) is 13.5 Å². The Morgan fingerprint density at radius 2 is 2.36 bits per heavy atom. The molecular weight excluding hydrogens is 298 g/mol. The summed E-state index contributed by atoms with van der Waals surface area (Å²) in [7, 11) is 1.87. The van der Waals surface area contributed by atoms with Gasteiger partial charge >= 0.3 is 0 Å². The van der Waals surface area contributed by atoms with E-state index < -0.39 is 0 Å². The zero-order valence-electron chi connectivity index (χ0n) is 12.8. The predicted molar refractivity (Wildman–Crippen MR) is 85.8 cm³/mol. The zero-order chi connectivity index (χ0) is 15.7. The summed E-state index contributed by atoms with van der Waals surface area (Å²) in [4.78, 5) is 13.7. The molecule has 1 saturated carbocycles. The second-order valence-corrected chi connectivity index (χ2v) is 6.93. The summed E-state index contributed by atoms with van der Waals surface area (Å²) in [6, 6.07) is 1.87. The summed E-state index contributed by atoms with van der Waals surface area (Å²) >= 11 is 1.62. The number of thiophene rings is 1. The van der Waals surface area contributed by atoms with E-state index in [1.165, 1.54) is 4.88 Å². The Bertz CT molecular complexity index is 658. The van der Waals surface area contributed by atoms with Gasteiger partial charge in [-0.15, -0.1) is 11.3 Å². The van der Waals surface area contributed by atoms with Crippen LogP contribution in [0.25, 0.3) is 0 Å². The van der Waals surface area contributed by atoms with Crippen molar-refractivity contribution in [3.8, 4) is 0 Å². The number of nitrogens with zero attached hydrogens (tertiary/aromatic N) is 2. The lowest BCUT2D eigenvalue weighted by molar-refractivity contribution is 0.0235. The summed E-state index contributed by atoms with van der Waals surface area (Å²) in [6.45, 7) is 2.09. The average molecular weight is 319 g/mol. The highest BCUT2D eigenvalue weighted by Crippen LogP contribution is 2.38. The Kier molecular flexibility index (Phi) is 4.31. The average Bonchev–Trinajstić information content (AvgIpc) is 3.10. The van der Waals surface area contributed by atoms with Gasteiger partial charge in [0, 0.05) is 29.1 Å². The maximum Gasteiger partial charge on any atom is 0.252 e. The first kappa shape index (κ1) is 15.2. The first-order valence-electron chi connectivity index (χ1n) is 7.61. The van der Waals surface area contributed by atoms with Crippen molar-refractivity contribution in [2.24, 2.45) is 13.0 Å². The van der Waals surface area contributed by atoms with Crippen LogP contribution < -0.4 is 5.32 Å². The minimum absolute atomic E-state index is 0.0498. The monoisotopic (exact) mass is 319 g/mol. The summed E-state index contributed by atoms with van der Waals surface area (Å²) in [5, 5.41) is 18.8. The Morgan fingerprint density at radius 1 is 1.59 bits per heavy atom. The summed E-state index contributed by atoms with van der Waals surface area (Å²) in [6.07, 6.45) is 5.88. The molecule has 1 unspecified atom stereocenters. The molecule has 0 aliphatic heterocycles. The van der Waals surface area contributed by atoms with Crippen LogP contribution >= 0.6 is 11.3 Å². The van der Waals surface area contributed by atoms with E-state index in [0.29, 0.717) is 0 Å². The van der Waals surface area contributed by atoms with Gasteiger partial charge in [0.15, 0.2) is 0 Å². The highest BCUT2D eigenvalue weighted by Gasteiger charge is 2.36. The molecule has 2 aromatic heterocycles. The molecule has 1 aliphatic carbocycles. The van der Waals surface area contributed by atoms with Crippen LogP contribution in [0.2, 0.25) is 0 Å². The topological polar surface area (TPSA) is 67.2 Å². The molecule has 22 heavy (non-hydrogen) atoms. The normalized spacial score (nSPS) is 22.1. The molecule has 2 aromatic rings. The number of carbonyl (C=O) groups is 1. The lowest BCUT2D eigenvalue weighted by Gasteiger charge is -2.37. The fourth-order valence-corrected chi connectivity index (χ4v) is 3.70. The largest absolute Gasteiger partial charge is 0.393 e. The molecular formula is C16H21N3O2S. The number of aliphatic hydroxyl groups is 1. The van der Waals surface area contributed by atoms with Crippen LogP contribution in [0, 0.1) is 5.92 Å². The molecule has 6 heteroatoms. The van der Waals surface area contributed by atoms with E-state index in [0.717, 1.165) is 30.4 Å². The molecule has 2 N–H and O–H groups in total. The molecule has 2 heterocycles. The molecule has 1 fully saturated rings.